The van der Waals surface area contributed by atoms with Crippen LogP contribution < -0.4 is 5.73 Å². The number of anilines is 1. The van der Waals surface area contributed by atoms with Crippen LogP contribution in [0.25, 0.3) is 22.7 Å². The molecule has 0 aliphatic rings. The molecule has 3 heterocycles. The van der Waals surface area contributed by atoms with Crippen molar-refractivity contribution in [2.45, 2.75) is 26.7 Å². The molecular formula is C22H20F2N8. The smallest absolute Gasteiger partial charge is 0.280 e. The summed E-state index contributed by atoms with van der Waals surface area (Å²) in [6.45, 7) is 3.62. The number of hydrogen-bond donors (Lipinski definition) is 2. The molecule has 0 spiro atoms. The molecule has 0 unspecified atom stereocenters. The summed E-state index contributed by atoms with van der Waals surface area (Å²) in [5.41, 5.74) is 10.1. The Labute approximate surface area is 182 Å². The van der Waals surface area contributed by atoms with E-state index in [1.807, 2.05) is 19.1 Å². The Morgan fingerprint density at radius 3 is 2.62 bits per heavy atom. The van der Waals surface area contributed by atoms with E-state index in [0.29, 0.717) is 23.3 Å². The van der Waals surface area contributed by atoms with Crippen molar-refractivity contribution in [3.05, 3.63) is 71.3 Å². The standard InChI is InChI=1S/C22H20F2N8/c1-3-16-20(15-6-4-14(12-25)5-7-15)30-31-9-8-27-19(11-18(26)28-22(16)31)32-17(21(23)24)10-13(2)29-32/h4-11,21,30H,3,26H2,1-2H3. The molecule has 162 valence electrons. The van der Waals surface area contributed by atoms with Crippen LogP contribution in [0.5, 0.6) is 0 Å². The molecule has 32 heavy (non-hydrogen) atoms. The van der Waals surface area contributed by atoms with Crippen LogP contribution in [0.4, 0.5) is 14.6 Å². The molecular weight excluding hydrogens is 414 g/mol. The minimum atomic E-state index is -2.72. The Hall–Kier alpha value is -4.26. The van der Waals surface area contributed by atoms with Crippen LogP contribution in [-0.2, 0) is 6.42 Å². The third kappa shape index (κ3) is 3.88. The maximum atomic E-state index is 13.4. The predicted octanol–water partition coefficient (Wildman–Crippen LogP) is 4.30. The molecule has 0 aliphatic carbocycles. The maximum Gasteiger partial charge on any atom is 0.280 e. The van der Waals surface area contributed by atoms with Crippen LogP contribution in [-0.4, -0.2) is 29.4 Å². The molecule has 0 radical (unpaired) electrons. The van der Waals surface area contributed by atoms with E-state index in [4.69, 9.17) is 11.0 Å². The second kappa shape index (κ2) is 8.47. The Balaban J connectivity index is 1.91. The van der Waals surface area contributed by atoms with E-state index in [9.17, 15) is 8.78 Å². The van der Waals surface area contributed by atoms with Crippen LogP contribution in [0, 0.1) is 18.3 Å². The summed E-state index contributed by atoms with van der Waals surface area (Å²) in [6.07, 6.45) is 1.04. The van der Waals surface area contributed by atoms with E-state index < -0.39 is 6.43 Å². The fourth-order valence-electron chi connectivity index (χ4n) is 3.49. The fourth-order valence-corrected chi connectivity index (χ4v) is 3.49. The van der Waals surface area contributed by atoms with Crippen molar-refractivity contribution in [3.8, 4) is 23.1 Å². The molecule has 3 aromatic heterocycles. The number of nitriles is 1. The lowest BCUT2D eigenvalue weighted by Gasteiger charge is -2.04. The molecule has 0 fully saturated rings. The first-order valence-corrected chi connectivity index (χ1v) is 9.86. The number of nitrogens with zero attached hydrogens (tertiary/aromatic N) is 6. The lowest BCUT2D eigenvalue weighted by molar-refractivity contribution is 0.142. The highest BCUT2D eigenvalue weighted by Gasteiger charge is 2.17. The van der Waals surface area contributed by atoms with Crippen LogP contribution in [0.15, 0.2) is 48.8 Å². The van der Waals surface area contributed by atoms with E-state index in [1.165, 1.54) is 18.3 Å². The van der Waals surface area contributed by atoms with Crippen molar-refractivity contribution < 1.29 is 8.78 Å². The summed E-state index contributed by atoms with van der Waals surface area (Å²) >= 11 is 0. The van der Waals surface area contributed by atoms with E-state index >= 15 is 0 Å². The van der Waals surface area contributed by atoms with Gasteiger partial charge in [0.05, 0.1) is 23.0 Å². The van der Waals surface area contributed by atoms with Gasteiger partial charge in [0.15, 0.2) is 11.5 Å². The Bertz CT molecular complexity index is 1370. The molecule has 0 amide bonds. The van der Waals surface area contributed by atoms with Gasteiger partial charge in [-0.15, -0.1) is 0 Å². The highest BCUT2D eigenvalue weighted by Crippen LogP contribution is 2.26. The number of H-pyrrole nitrogens is 1. The van der Waals surface area contributed by atoms with Crippen molar-refractivity contribution in [2.24, 2.45) is 0 Å². The van der Waals surface area contributed by atoms with Crippen LogP contribution >= 0.6 is 0 Å². The number of rotatable bonds is 4. The second-order valence-electron chi connectivity index (χ2n) is 7.09. The molecule has 4 rings (SSSR count). The lowest BCUT2D eigenvalue weighted by Crippen LogP contribution is -2.04. The molecule has 1 aromatic carbocycles. The van der Waals surface area contributed by atoms with Crippen LogP contribution in [0.1, 0.15) is 35.9 Å². The van der Waals surface area contributed by atoms with Crippen molar-refractivity contribution in [1.82, 2.24) is 29.4 Å². The molecule has 8 nitrogen and oxygen atoms in total. The number of aromatic nitrogens is 6. The zero-order chi connectivity index (χ0) is 22.8. The van der Waals surface area contributed by atoms with Crippen LogP contribution in [0.3, 0.4) is 0 Å². The zero-order valence-corrected chi connectivity index (χ0v) is 17.4. The molecule has 4 aromatic rings. The Morgan fingerprint density at radius 2 is 1.97 bits per heavy atom. The molecule has 0 atom stereocenters. The van der Waals surface area contributed by atoms with E-state index in [1.54, 1.807) is 29.8 Å². The number of fused-ring (bicyclic) bond motifs is 1. The average molecular weight is 434 g/mol. The van der Waals surface area contributed by atoms with Gasteiger partial charge in [0, 0.05) is 24.0 Å². The van der Waals surface area contributed by atoms with Gasteiger partial charge in [-0.25, -0.2) is 27.9 Å². The highest BCUT2D eigenvalue weighted by molar-refractivity contribution is 5.71. The SMILES string of the molecule is CCc1c(-c2ccc(C#N)cc2)[nH]n2ccnc(-n3nc(C)cc3C(F)F)cc(N)nc12. The summed E-state index contributed by atoms with van der Waals surface area (Å²) in [5, 5.41) is 16.4. The summed E-state index contributed by atoms with van der Waals surface area (Å²) in [6, 6.07) is 12.0. The first-order valence-electron chi connectivity index (χ1n) is 9.86. The summed E-state index contributed by atoms with van der Waals surface area (Å²) in [5.74, 6) is 0.219. The molecule has 0 aliphatic heterocycles. The van der Waals surface area contributed by atoms with E-state index in [0.717, 1.165) is 21.5 Å². The first kappa shape index (κ1) is 21.0. The average Bonchev–Trinajstić information content (AvgIpc) is 3.34. The molecule has 0 saturated carbocycles. The van der Waals surface area contributed by atoms with Gasteiger partial charge in [0.2, 0.25) is 0 Å². The van der Waals surface area contributed by atoms with Crippen molar-refractivity contribution in [1.29, 1.82) is 5.26 Å². The van der Waals surface area contributed by atoms with E-state index in [2.05, 4.69) is 26.2 Å². The van der Waals surface area contributed by atoms with Gasteiger partial charge in [0.25, 0.3) is 6.43 Å². The van der Waals surface area contributed by atoms with E-state index in [-0.39, 0.29) is 17.3 Å². The normalized spacial score (nSPS) is 11.0. The number of aryl methyl sites for hydroxylation is 2. The van der Waals surface area contributed by atoms with Gasteiger partial charge in [-0.1, -0.05) is 19.1 Å². The van der Waals surface area contributed by atoms with Gasteiger partial charge in [-0.3, -0.25) is 5.10 Å². The van der Waals surface area contributed by atoms with Gasteiger partial charge in [-0.05, 0) is 37.1 Å². The summed E-state index contributed by atoms with van der Waals surface area (Å²) < 4.78 is 29.6. The quantitative estimate of drug-likeness (QED) is 0.497. The molecule has 10 heteroatoms. The third-order valence-electron chi connectivity index (χ3n) is 4.92. The zero-order valence-electron chi connectivity index (χ0n) is 17.4. The maximum absolute atomic E-state index is 13.4. The number of alkyl halides is 2. The largest absolute Gasteiger partial charge is 0.384 e. The van der Waals surface area contributed by atoms with Crippen molar-refractivity contribution >= 4 is 11.5 Å². The third-order valence-corrected chi connectivity index (χ3v) is 4.92. The van der Waals surface area contributed by atoms with Gasteiger partial charge in [0.1, 0.15) is 11.5 Å². The van der Waals surface area contributed by atoms with Crippen LogP contribution in [0.2, 0.25) is 0 Å². The summed E-state index contributed by atoms with van der Waals surface area (Å²) in [4.78, 5) is 8.81. The number of nitrogens with one attached hydrogen (secondary N) is 1. The minimum absolute atomic E-state index is 0.0923. The minimum Gasteiger partial charge on any atom is -0.384 e. The number of aromatic amines is 1. The van der Waals surface area contributed by atoms with Gasteiger partial charge in [-0.2, -0.15) is 10.4 Å². The number of benzene rings is 1. The van der Waals surface area contributed by atoms with Gasteiger partial charge >= 0.3 is 0 Å². The fraction of sp³-hybridized carbons (Fsp3) is 0.182. The molecule has 0 bridgehead atoms. The summed E-state index contributed by atoms with van der Waals surface area (Å²) in [7, 11) is 0. The Morgan fingerprint density at radius 1 is 1.22 bits per heavy atom. The molecule has 3 N–H and O–H groups in total. The highest BCUT2D eigenvalue weighted by atomic mass is 19.3. The lowest BCUT2D eigenvalue weighted by atomic mass is 10.0. The predicted molar refractivity (Wildman–Crippen MR) is 116 cm³/mol. The molecule has 0 saturated heterocycles. The topological polar surface area (TPSA) is 114 Å². The number of halogens is 2. The number of hydrogen-bond acceptors (Lipinski definition) is 5. The van der Waals surface area contributed by atoms with Crippen molar-refractivity contribution in [3.63, 3.8) is 0 Å². The number of nitrogen functional groups attached to an aromatic ring is 1. The Kier molecular flexibility index (Phi) is 5.55. The second-order valence-corrected chi connectivity index (χ2v) is 7.09. The number of nitrogens with two attached hydrogens (primary N) is 1. The van der Waals surface area contributed by atoms with Gasteiger partial charge < -0.3 is 5.73 Å². The monoisotopic (exact) mass is 434 g/mol. The first-order chi connectivity index (χ1) is 15.4. The van der Waals surface area contributed by atoms with Crippen molar-refractivity contribution in [2.75, 3.05) is 5.73 Å².